The van der Waals surface area contributed by atoms with Crippen LogP contribution in [-0.2, 0) is 9.47 Å². The molecule has 6 heteroatoms. The second-order valence-corrected chi connectivity index (χ2v) is 4.25. The summed E-state index contributed by atoms with van der Waals surface area (Å²) in [6.07, 6.45) is -0.460. The van der Waals surface area contributed by atoms with Crippen molar-refractivity contribution in [2.75, 3.05) is 26.9 Å². The van der Waals surface area contributed by atoms with Crippen molar-refractivity contribution in [2.45, 2.75) is 20.1 Å². The summed E-state index contributed by atoms with van der Waals surface area (Å²) in [6.45, 7) is 5.02. The van der Waals surface area contributed by atoms with Crippen LogP contribution >= 0.6 is 11.6 Å². The standard InChI is InChI=1S/C14H20ClNO4/c1-4-19-12(20-5-2)9-16-14(17)10-7-6-8-11(18-3)13(10)15/h6-8,12H,4-5,9H2,1-3H3,(H,16,17). The first kappa shape index (κ1) is 16.8. The average molecular weight is 302 g/mol. The van der Waals surface area contributed by atoms with Crippen LogP contribution in [0.1, 0.15) is 24.2 Å². The van der Waals surface area contributed by atoms with Gasteiger partial charge in [0.05, 0.1) is 24.2 Å². The summed E-state index contributed by atoms with van der Waals surface area (Å²) in [5.41, 5.74) is 0.359. The molecule has 0 aliphatic rings. The number of amides is 1. The summed E-state index contributed by atoms with van der Waals surface area (Å²) in [5, 5.41) is 3.02. The molecule has 5 nitrogen and oxygen atoms in total. The van der Waals surface area contributed by atoms with Crippen LogP contribution in [-0.4, -0.2) is 39.1 Å². The molecule has 1 N–H and O–H groups in total. The maximum atomic E-state index is 12.1. The van der Waals surface area contributed by atoms with Gasteiger partial charge in [-0.05, 0) is 26.0 Å². The molecule has 1 amide bonds. The van der Waals surface area contributed by atoms with Gasteiger partial charge in [0.2, 0.25) is 0 Å². The lowest BCUT2D eigenvalue weighted by atomic mass is 10.2. The lowest BCUT2D eigenvalue weighted by Crippen LogP contribution is -2.35. The van der Waals surface area contributed by atoms with E-state index in [4.69, 9.17) is 25.8 Å². The monoisotopic (exact) mass is 301 g/mol. The molecule has 1 aromatic carbocycles. The Labute approximate surface area is 124 Å². The van der Waals surface area contributed by atoms with Crippen LogP contribution in [0.25, 0.3) is 0 Å². The van der Waals surface area contributed by atoms with Crippen molar-refractivity contribution in [2.24, 2.45) is 0 Å². The van der Waals surface area contributed by atoms with E-state index >= 15 is 0 Å². The number of ether oxygens (including phenoxy) is 3. The quantitative estimate of drug-likeness (QED) is 0.750. The largest absolute Gasteiger partial charge is 0.495 e. The van der Waals surface area contributed by atoms with Gasteiger partial charge < -0.3 is 19.5 Å². The zero-order valence-electron chi connectivity index (χ0n) is 11.9. The molecule has 0 saturated heterocycles. The number of halogens is 1. The first-order valence-electron chi connectivity index (χ1n) is 6.47. The summed E-state index contributed by atoms with van der Waals surface area (Å²) in [7, 11) is 1.50. The predicted molar refractivity (Wildman–Crippen MR) is 77.4 cm³/mol. The van der Waals surface area contributed by atoms with Gasteiger partial charge in [-0.25, -0.2) is 0 Å². The summed E-state index contributed by atoms with van der Waals surface area (Å²) in [6, 6.07) is 5.04. The first-order chi connectivity index (χ1) is 9.63. The van der Waals surface area contributed by atoms with Crippen LogP contribution in [0.5, 0.6) is 5.75 Å². The molecule has 0 aliphatic heterocycles. The van der Waals surface area contributed by atoms with Gasteiger partial charge in [0.25, 0.3) is 5.91 Å². The highest BCUT2D eigenvalue weighted by Crippen LogP contribution is 2.27. The SMILES string of the molecule is CCOC(CNC(=O)c1cccc(OC)c1Cl)OCC. The van der Waals surface area contributed by atoms with E-state index in [1.165, 1.54) is 7.11 Å². The van der Waals surface area contributed by atoms with E-state index in [1.807, 2.05) is 13.8 Å². The van der Waals surface area contributed by atoms with Crippen LogP contribution in [0.15, 0.2) is 18.2 Å². The molecule has 0 unspecified atom stereocenters. The molecule has 0 heterocycles. The van der Waals surface area contributed by atoms with Gasteiger partial charge in [-0.3, -0.25) is 4.79 Å². The minimum absolute atomic E-state index is 0.258. The highest BCUT2D eigenvalue weighted by Gasteiger charge is 2.15. The molecular formula is C14H20ClNO4. The molecule has 0 spiro atoms. The third-order valence-corrected chi connectivity index (χ3v) is 2.95. The minimum Gasteiger partial charge on any atom is -0.495 e. The Morgan fingerprint density at radius 3 is 2.50 bits per heavy atom. The van der Waals surface area contributed by atoms with Gasteiger partial charge in [0, 0.05) is 13.2 Å². The lowest BCUT2D eigenvalue weighted by molar-refractivity contribution is -0.131. The van der Waals surface area contributed by atoms with Gasteiger partial charge in [-0.1, -0.05) is 17.7 Å². The second-order valence-electron chi connectivity index (χ2n) is 3.87. The third-order valence-electron chi connectivity index (χ3n) is 2.56. The molecule has 0 fully saturated rings. The number of hydrogen-bond donors (Lipinski definition) is 1. The number of nitrogens with one attached hydrogen (secondary N) is 1. The van der Waals surface area contributed by atoms with Crippen molar-refractivity contribution < 1.29 is 19.0 Å². The zero-order chi connectivity index (χ0) is 15.0. The van der Waals surface area contributed by atoms with Crippen molar-refractivity contribution in [3.05, 3.63) is 28.8 Å². The number of rotatable bonds is 8. The van der Waals surface area contributed by atoms with E-state index in [2.05, 4.69) is 5.32 Å². The second kappa shape index (κ2) is 8.79. The summed E-state index contributed by atoms with van der Waals surface area (Å²) in [4.78, 5) is 12.1. The number of benzene rings is 1. The number of carbonyl (C=O) groups is 1. The topological polar surface area (TPSA) is 56.8 Å². The maximum Gasteiger partial charge on any atom is 0.253 e. The Bertz CT molecular complexity index is 433. The molecule has 0 radical (unpaired) electrons. The fraction of sp³-hybridized carbons (Fsp3) is 0.500. The summed E-state index contributed by atoms with van der Waals surface area (Å²) >= 11 is 6.09. The van der Waals surface area contributed by atoms with E-state index in [0.29, 0.717) is 24.5 Å². The minimum atomic E-state index is -0.460. The molecule has 0 bridgehead atoms. The van der Waals surface area contributed by atoms with Crippen LogP contribution in [0, 0.1) is 0 Å². The molecular weight excluding hydrogens is 282 g/mol. The van der Waals surface area contributed by atoms with Crippen molar-refractivity contribution in [1.82, 2.24) is 5.32 Å². The Morgan fingerprint density at radius 2 is 1.95 bits per heavy atom. The molecule has 20 heavy (non-hydrogen) atoms. The predicted octanol–water partition coefficient (Wildman–Crippen LogP) is 2.48. The molecule has 0 aromatic heterocycles. The molecule has 0 aliphatic carbocycles. The van der Waals surface area contributed by atoms with Gasteiger partial charge in [-0.15, -0.1) is 0 Å². The first-order valence-corrected chi connectivity index (χ1v) is 6.85. The van der Waals surface area contributed by atoms with Crippen molar-refractivity contribution >= 4 is 17.5 Å². The van der Waals surface area contributed by atoms with Gasteiger partial charge in [0.15, 0.2) is 6.29 Å². The van der Waals surface area contributed by atoms with E-state index in [0.717, 1.165) is 0 Å². The van der Waals surface area contributed by atoms with Gasteiger partial charge >= 0.3 is 0 Å². The maximum absolute atomic E-state index is 12.1. The molecule has 1 aromatic rings. The summed E-state index contributed by atoms with van der Waals surface area (Å²) < 4.78 is 15.8. The molecule has 0 saturated carbocycles. The number of methoxy groups -OCH3 is 1. The Kier molecular flexibility index (Phi) is 7.36. The van der Waals surface area contributed by atoms with Crippen LogP contribution in [0.2, 0.25) is 5.02 Å². The Morgan fingerprint density at radius 1 is 1.30 bits per heavy atom. The number of carbonyl (C=O) groups excluding carboxylic acids is 1. The zero-order valence-corrected chi connectivity index (χ0v) is 12.7. The van der Waals surface area contributed by atoms with E-state index in [9.17, 15) is 4.79 Å². The lowest BCUT2D eigenvalue weighted by Gasteiger charge is -2.17. The van der Waals surface area contributed by atoms with Crippen molar-refractivity contribution in [1.29, 1.82) is 0 Å². The molecule has 112 valence electrons. The highest BCUT2D eigenvalue weighted by atomic mass is 35.5. The van der Waals surface area contributed by atoms with Crippen molar-refractivity contribution in [3.63, 3.8) is 0 Å². The van der Waals surface area contributed by atoms with E-state index < -0.39 is 6.29 Å². The van der Waals surface area contributed by atoms with Crippen LogP contribution < -0.4 is 10.1 Å². The van der Waals surface area contributed by atoms with Crippen LogP contribution in [0.4, 0.5) is 0 Å². The van der Waals surface area contributed by atoms with Gasteiger partial charge in [-0.2, -0.15) is 0 Å². The molecule has 0 atom stereocenters. The smallest absolute Gasteiger partial charge is 0.253 e. The Balaban J connectivity index is 2.66. The van der Waals surface area contributed by atoms with Crippen LogP contribution in [0.3, 0.4) is 0 Å². The third kappa shape index (κ3) is 4.67. The van der Waals surface area contributed by atoms with E-state index in [-0.39, 0.29) is 17.5 Å². The van der Waals surface area contributed by atoms with E-state index in [1.54, 1.807) is 18.2 Å². The fourth-order valence-electron chi connectivity index (χ4n) is 1.65. The van der Waals surface area contributed by atoms with Gasteiger partial charge in [0.1, 0.15) is 5.75 Å². The normalized spacial score (nSPS) is 10.7. The average Bonchev–Trinajstić information content (AvgIpc) is 2.45. The van der Waals surface area contributed by atoms with Crippen molar-refractivity contribution in [3.8, 4) is 5.75 Å². The number of hydrogen-bond acceptors (Lipinski definition) is 4. The molecule has 1 rings (SSSR count). The highest BCUT2D eigenvalue weighted by molar-refractivity contribution is 6.35. The Hall–Kier alpha value is -1.30. The fourth-order valence-corrected chi connectivity index (χ4v) is 1.94. The summed E-state index contributed by atoms with van der Waals surface area (Å²) in [5.74, 6) is 0.170.